The Bertz CT molecular complexity index is 1560. The van der Waals surface area contributed by atoms with Crippen molar-refractivity contribution in [1.29, 1.82) is 0 Å². The molecule has 0 spiro atoms. The number of benzene rings is 3. The average Bonchev–Trinajstić information content (AvgIpc) is 2.95. The van der Waals surface area contributed by atoms with Crippen LogP contribution in [-0.4, -0.2) is 58.5 Å². The molecular weight excluding hydrogens is 613 g/mol. The highest BCUT2D eigenvalue weighted by Crippen LogP contribution is 2.33. The summed E-state index contributed by atoms with van der Waals surface area (Å²) in [4.78, 5) is 28.6. The standard InChI is InChI=1S/C31H37Cl2N3O6S/c1-7-27(31(38)34-8-2)35(18-22-9-10-23(32)16-26(22)33)30(37)19-36(24-14-20(3)13-21(4)15-24)43(39,40)25-11-12-28(41-5)29(17-25)42-6/h9-17,27H,7-8,18-19H2,1-6H3,(H,34,38)/t27-/m1/s1. The SMILES string of the molecule is CCNC(=O)[C@@H](CC)N(Cc1ccc(Cl)cc1Cl)C(=O)CN(c1cc(C)cc(C)c1)S(=O)(=O)c1ccc(OC)c(OC)c1. The summed E-state index contributed by atoms with van der Waals surface area (Å²) in [5, 5.41) is 3.52. The van der Waals surface area contributed by atoms with Crippen LogP contribution in [0.2, 0.25) is 10.0 Å². The molecule has 3 rings (SSSR count). The molecule has 3 aromatic rings. The van der Waals surface area contributed by atoms with Crippen LogP contribution < -0.4 is 19.1 Å². The minimum absolute atomic E-state index is 0.0401. The first kappa shape index (κ1) is 34.0. The van der Waals surface area contributed by atoms with Gasteiger partial charge in [-0.3, -0.25) is 13.9 Å². The largest absolute Gasteiger partial charge is 0.493 e. The summed E-state index contributed by atoms with van der Waals surface area (Å²) in [5.41, 5.74) is 2.49. The van der Waals surface area contributed by atoms with Crippen molar-refractivity contribution < 1.29 is 27.5 Å². The molecule has 0 unspecified atom stereocenters. The molecule has 1 N–H and O–H groups in total. The molecule has 2 amide bonds. The van der Waals surface area contributed by atoms with Gasteiger partial charge in [0, 0.05) is 29.2 Å². The number of ether oxygens (including phenoxy) is 2. The first-order valence-corrected chi connectivity index (χ1v) is 15.9. The van der Waals surface area contributed by atoms with Gasteiger partial charge in [0.1, 0.15) is 12.6 Å². The van der Waals surface area contributed by atoms with Crippen LogP contribution in [0.25, 0.3) is 0 Å². The van der Waals surface area contributed by atoms with Gasteiger partial charge in [-0.25, -0.2) is 8.42 Å². The number of carbonyl (C=O) groups excluding carboxylic acids is 2. The van der Waals surface area contributed by atoms with Crippen molar-refractivity contribution in [3.8, 4) is 11.5 Å². The van der Waals surface area contributed by atoms with Crippen molar-refractivity contribution >= 4 is 50.7 Å². The quantitative estimate of drug-likeness (QED) is 0.252. The summed E-state index contributed by atoms with van der Waals surface area (Å²) in [7, 11) is -1.46. The van der Waals surface area contributed by atoms with Crippen molar-refractivity contribution in [3.05, 3.63) is 81.3 Å². The molecular formula is C31H37Cl2N3O6S. The van der Waals surface area contributed by atoms with Crippen molar-refractivity contribution in [2.24, 2.45) is 0 Å². The van der Waals surface area contributed by atoms with Crippen LogP contribution in [0.5, 0.6) is 11.5 Å². The second-order valence-electron chi connectivity index (χ2n) is 9.95. The fourth-order valence-corrected chi connectivity index (χ4v) is 6.65. The molecule has 0 saturated carbocycles. The average molecular weight is 651 g/mol. The highest BCUT2D eigenvalue weighted by Gasteiger charge is 2.34. The molecule has 12 heteroatoms. The maximum absolute atomic E-state index is 14.3. The number of sulfonamides is 1. The number of halogens is 2. The van der Waals surface area contributed by atoms with Crippen molar-refractivity contribution in [2.75, 3.05) is 31.6 Å². The lowest BCUT2D eigenvalue weighted by Gasteiger charge is -2.33. The summed E-state index contributed by atoms with van der Waals surface area (Å²) in [6, 6.07) is 13.5. The van der Waals surface area contributed by atoms with Crippen LogP contribution in [0.1, 0.15) is 37.0 Å². The highest BCUT2D eigenvalue weighted by molar-refractivity contribution is 7.92. The normalized spacial score (nSPS) is 11.9. The second-order valence-corrected chi connectivity index (χ2v) is 12.7. The zero-order chi connectivity index (χ0) is 31.9. The maximum Gasteiger partial charge on any atom is 0.264 e. The Balaban J connectivity index is 2.15. The number of aryl methyl sites for hydroxylation is 2. The minimum Gasteiger partial charge on any atom is -0.493 e. The Morgan fingerprint density at radius 3 is 2.12 bits per heavy atom. The Labute approximate surface area is 263 Å². The van der Waals surface area contributed by atoms with Gasteiger partial charge in [0.05, 0.1) is 24.8 Å². The molecule has 0 fully saturated rings. The first-order valence-electron chi connectivity index (χ1n) is 13.7. The molecule has 3 aromatic carbocycles. The number of anilines is 1. The van der Waals surface area contributed by atoms with Gasteiger partial charge in [-0.15, -0.1) is 0 Å². The van der Waals surface area contributed by atoms with Gasteiger partial charge in [0.25, 0.3) is 10.0 Å². The van der Waals surface area contributed by atoms with E-state index in [0.29, 0.717) is 33.6 Å². The molecule has 9 nitrogen and oxygen atoms in total. The number of hydrogen-bond acceptors (Lipinski definition) is 6. The molecule has 0 aliphatic carbocycles. The maximum atomic E-state index is 14.3. The van der Waals surface area contributed by atoms with E-state index < -0.39 is 28.5 Å². The number of likely N-dealkylation sites (N-methyl/N-ethyl adjacent to an activating group) is 1. The van der Waals surface area contributed by atoms with Gasteiger partial charge in [0.15, 0.2) is 11.5 Å². The lowest BCUT2D eigenvalue weighted by molar-refractivity contribution is -0.140. The Morgan fingerprint density at radius 1 is 0.907 bits per heavy atom. The Kier molecular flexibility index (Phi) is 11.7. The predicted molar refractivity (Wildman–Crippen MR) is 170 cm³/mol. The zero-order valence-corrected chi connectivity index (χ0v) is 27.4. The van der Waals surface area contributed by atoms with Crippen LogP contribution in [-0.2, 0) is 26.2 Å². The summed E-state index contributed by atoms with van der Waals surface area (Å²) >= 11 is 12.5. The molecule has 0 saturated heterocycles. The lowest BCUT2D eigenvalue weighted by Crippen LogP contribution is -2.52. The number of nitrogens with zero attached hydrogens (tertiary/aromatic N) is 2. The molecule has 0 heterocycles. The fourth-order valence-electron chi connectivity index (χ4n) is 4.77. The molecule has 0 aliphatic rings. The number of rotatable bonds is 13. The van der Waals surface area contributed by atoms with Gasteiger partial charge >= 0.3 is 0 Å². The van der Waals surface area contributed by atoms with E-state index in [-0.39, 0.29) is 29.5 Å². The van der Waals surface area contributed by atoms with E-state index >= 15 is 0 Å². The third kappa shape index (κ3) is 8.13. The summed E-state index contributed by atoms with van der Waals surface area (Å²) in [6.07, 6.45) is 0.286. The molecule has 0 radical (unpaired) electrons. The van der Waals surface area contributed by atoms with Crippen LogP contribution in [0.15, 0.2) is 59.5 Å². The molecule has 43 heavy (non-hydrogen) atoms. The smallest absolute Gasteiger partial charge is 0.264 e. The number of methoxy groups -OCH3 is 2. The lowest BCUT2D eigenvalue weighted by atomic mass is 10.1. The van der Waals surface area contributed by atoms with E-state index in [1.807, 2.05) is 19.9 Å². The Morgan fingerprint density at radius 2 is 1.56 bits per heavy atom. The fraction of sp³-hybridized carbons (Fsp3) is 0.355. The summed E-state index contributed by atoms with van der Waals surface area (Å²) in [5.74, 6) is -0.373. The summed E-state index contributed by atoms with van der Waals surface area (Å²) in [6.45, 7) is 6.99. The van der Waals surface area contributed by atoms with E-state index in [0.717, 1.165) is 15.4 Å². The number of nitrogens with one attached hydrogen (secondary N) is 1. The van der Waals surface area contributed by atoms with E-state index in [4.69, 9.17) is 32.7 Å². The second kappa shape index (κ2) is 14.8. The van der Waals surface area contributed by atoms with E-state index in [9.17, 15) is 18.0 Å². The molecule has 0 aromatic heterocycles. The monoisotopic (exact) mass is 649 g/mol. The predicted octanol–water partition coefficient (Wildman–Crippen LogP) is 5.77. The third-order valence-corrected chi connectivity index (χ3v) is 9.17. The topological polar surface area (TPSA) is 105 Å². The number of amides is 2. The Hall–Kier alpha value is -3.47. The van der Waals surface area contributed by atoms with Gasteiger partial charge in [-0.2, -0.15) is 0 Å². The summed E-state index contributed by atoms with van der Waals surface area (Å²) < 4.78 is 40.2. The van der Waals surface area contributed by atoms with Crippen molar-refractivity contribution in [3.63, 3.8) is 0 Å². The molecule has 1 atom stereocenters. The van der Waals surface area contributed by atoms with Gasteiger partial charge < -0.3 is 19.7 Å². The molecule has 0 bridgehead atoms. The molecule has 0 aliphatic heterocycles. The van der Waals surface area contributed by atoms with E-state index in [1.165, 1.54) is 37.3 Å². The molecule has 232 valence electrons. The van der Waals surface area contributed by atoms with Crippen LogP contribution >= 0.6 is 23.2 Å². The van der Waals surface area contributed by atoms with E-state index in [2.05, 4.69) is 5.32 Å². The first-order chi connectivity index (χ1) is 20.4. The van der Waals surface area contributed by atoms with E-state index in [1.54, 1.807) is 44.2 Å². The number of carbonyl (C=O) groups is 2. The van der Waals surface area contributed by atoms with Crippen LogP contribution in [0, 0.1) is 13.8 Å². The van der Waals surface area contributed by atoms with Crippen LogP contribution in [0.3, 0.4) is 0 Å². The zero-order valence-electron chi connectivity index (χ0n) is 25.1. The highest BCUT2D eigenvalue weighted by atomic mass is 35.5. The van der Waals surface area contributed by atoms with Gasteiger partial charge in [-0.1, -0.05) is 42.3 Å². The number of hydrogen-bond donors (Lipinski definition) is 1. The van der Waals surface area contributed by atoms with Gasteiger partial charge in [0.2, 0.25) is 11.8 Å². The third-order valence-electron chi connectivity index (χ3n) is 6.81. The minimum atomic E-state index is -4.32. The van der Waals surface area contributed by atoms with Crippen molar-refractivity contribution in [2.45, 2.75) is 51.6 Å². The van der Waals surface area contributed by atoms with Gasteiger partial charge in [-0.05, 0) is 80.3 Å². The van der Waals surface area contributed by atoms with Crippen molar-refractivity contribution in [1.82, 2.24) is 10.2 Å². The van der Waals surface area contributed by atoms with Crippen LogP contribution in [0.4, 0.5) is 5.69 Å².